The summed E-state index contributed by atoms with van der Waals surface area (Å²) >= 11 is 4.45. The minimum Gasteiger partial charge on any atom is -0.490 e. The molecule has 3 rings (SSSR count). The number of halogens is 1. The van der Waals surface area contributed by atoms with E-state index in [1.165, 1.54) is 19.7 Å². The summed E-state index contributed by atoms with van der Waals surface area (Å²) in [6.45, 7) is 2.13. The highest BCUT2D eigenvalue weighted by Gasteiger charge is 2.25. The molecule has 1 saturated heterocycles. The summed E-state index contributed by atoms with van der Waals surface area (Å²) in [6.07, 6.45) is 8.07. The number of rotatable bonds is 9. The molecule has 1 aliphatic heterocycles. The Kier molecular flexibility index (Phi) is 10.2. The first-order chi connectivity index (χ1) is 16.9. The van der Waals surface area contributed by atoms with Crippen LogP contribution in [0.4, 0.5) is 0 Å². The van der Waals surface area contributed by atoms with Crippen molar-refractivity contribution in [1.82, 2.24) is 10.6 Å². The van der Waals surface area contributed by atoms with Crippen LogP contribution >= 0.6 is 27.7 Å². The molecular formula is C23H27BrN4O6S. The maximum atomic E-state index is 12.3. The highest BCUT2D eigenvalue weighted by molar-refractivity contribution is 9.10. The molecule has 0 aromatic heterocycles. The van der Waals surface area contributed by atoms with E-state index >= 15 is 0 Å². The highest BCUT2D eigenvalue weighted by atomic mass is 79.9. The van der Waals surface area contributed by atoms with Gasteiger partial charge in [-0.15, -0.1) is 5.10 Å². The molecule has 12 heteroatoms. The molecule has 2 amide bonds. The summed E-state index contributed by atoms with van der Waals surface area (Å²) in [7, 11) is 1.23. The van der Waals surface area contributed by atoms with Crippen molar-refractivity contribution in [3.63, 3.8) is 0 Å². The van der Waals surface area contributed by atoms with Gasteiger partial charge in [-0.2, -0.15) is 5.10 Å². The molecular weight excluding hydrogens is 540 g/mol. The molecule has 0 spiro atoms. The Morgan fingerprint density at radius 3 is 2.74 bits per heavy atom. The van der Waals surface area contributed by atoms with Crippen LogP contribution in [0.25, 0.3) is 0 Å². The number of nitrogens with one attached hydrogen (secondary N) is 2. The van der Waals surface area contributed by atoms with Crippen molar-refractivity contribution in [2.45, 2.75) is 45.1 Å². The largest absolute Gasteiger partial charge is 0.490 e. The van der Waals surface area contributed by atoms with Gasteiger partial charge in [0.25, 0.3) is 11.8 Å². The zero-order chi connectivity index (χ0) is 25.2. The van der Waals surface area contributed by atoms with Gasteiger partial charge in [0.15, 0.2) is 23.3 Å². The first kappa shape index (κ1) is 26.7. The maximum absolute atomic E-state index is 12.3. The second kappa shape index (κ2) is 13.3. The van der Waals surface area contributed by atoms with Gasteiger partial charge in [-0.1, -0.05) is 19.3 Å². The summed E-state index contributed by atoms with van der Waals surface area (Å²) in [5.41, 5.74) is 0.656. The summed E-state index contributed by atoms with van der Waals surface area (Å²) < 4.78 is 16.6. The van der Waals surface area contributed by atoms with Gasteiger partial charge in [0.05, 0.1) is 29.3 Å². The van der Waals surface area contributed by atoms with E-state index in [4.69, 9.17) is 9.47 Å². The molecule has 0 bridgehead atoms. The van der Waals surface area contributed by atoms with E-state index in [1.54, 1.807) is 12.1 Å². The Bertz CT molecular complexity index is 1050. The molecule has 1 aliphatic carbocycles. The fraction of sp³-hybridized carbons (Fsp3) is 0.435. The Morgan fingerprint density at radius 2 is 2.03 bits per heavy atom. The van der Waals surface area contributed by atoms with Crippen molar-refractivity contribution in [1.29, 1.82) is 0 Å². The number of hydrogen-bond donors (Lipinski definition) is 2. The maximum Gasteiger partial charge on any atom is 0.331 e. The fourth-order valence-corrected chi connectivity index (χ4v) is 4.82. The van der Waals surface area contributed by atoms with E-state index in [0.29, 0.717) is 28.1 Å². The van der Waals surface area contributed by atoms with Gasteiger partial charge < -0.3 is 19.5 Å². The number of ether oxygens (including phenoxy) is 3. The minimum absolute atomic E-state index is 0.116. The number of carbonyl (C=O) groups is 3. The molecule has 0 atom stereocenters. The smallest absolute Gasteiger partial charge is 0.331 e. The Labute approximate surface area is 216 Å². The van der Waals surface area contributed by atoms with Crippen molar-refractivity contribution < 1.29 is 28.6 Å². The van der Waals surface area contributed by atoms with E-state index < -0.39 is 11.9 Å². The number of nitrogens with zero attached hydrogens (tertiary/aromatic N) is 2. The van der Waals surface area contributed by atoms with Crippen molar-refractivity contribution >= 4 is 56.9 Å². The second-order valence-corrected chi connectivity index (χ2v) is 9.58. The van der Waals surface area contributed by atoms with Gasteiger partial charge in [0, 0.05) is 12.1 Å². The molecule has 188 valence electrons. The number of amides is 2. The number of esters is 1. The Morgan fingerprint density at radius 1 is 1.26 bits per heavy atom. The fourth-order valence-electron chi connectivity index (χ4n) is 3.51. The van der Waals surface area contributed by atoms with Crippen LogP contribution in [0.15, 0.2) is 37.8 Å². The number of thioether (sulfide) groups is 1. The molecule has 2 aliphatic rings. The molecule has 35 heavy (non-hydrogen) atoms. The topological polar surface area (TPSA) is 128 Å². The predicted molar refractivity (Wildman–Crippen MR) is 137 cm³/mol. The third kappa shape index (κ3) is 8.10. The van der Waals surface area contributed by atoms with Gasteiger partial charge in [-0.05, 0) is 65.2 Å². The lowest BCUT2D eigenvalue weighted by atomic mass is 9.95. The van der Waals surface area contributed by atoms with Gasteiger partial charge in [0.2, 0.25) is 0 Å². The van der Waals surface area contributed by atoms with Crippen LogP contribution < -0.4 is 20.1 Å². The van der Waals surface area contributed by atoms with Crippen LogP contribution in [-0.2, 0) is 19.1 Å². The first-order valence-electron chi connectivity index (χ1n) is 11.2. The molecule has 0 unspecified atom stereocenters. The summed E-state index contributed by atoms with van der Waals surface area (Å²) in [5, 5.41) is 13.8. The molecule has 2 N–H and O–H groups in total. The van der Waals surface area contributed by atoms with Crippen LogP contribution in [0.1, 0.15) is 44.6 Å². The first-order valence-corrected chi connectivity index (χ1v) is 12.8. The Hall–Kier alpha value is -2.86. The third-order valence-corrected chi connectivity index (χ3v) is 6.60. The van der Waals surface area contributed by atoms with E-state index in [0.717, 1.165) is 43.5 Å². The summed E-state index contributed by atoms with van der Waals surface area (Å²) in [6, 6.07) is 3.68. The zero-order valence-corrected chi connectivity index (χ0v) is 21.9. The summed E-state index contributed by atoms with van der Waals surface area (Å²) in [5.74, 6) is -0.373. The Balaban J connectivity index is 1.65. The molecule has 2 fully saturated rings. The standard InChI is InChI=1S/C23H27BrN4O6S/c1-3-33-17-10-14(12-25-28-23-27-22(31)18(35-23)11-20(30)32-2)9-16(24)21(17)34-13-19(29)26-15-7-5-4-6-8-15/h9-12,15H,3-8,13H2,1-2H3,(H,26,29)(H,27,28,31)/b18-11+,25-12?. The minimum atomic E-state index is -0.630. The van der Waals surface area contributed by atoms with Gasteiger partial charge >= 0.3 is 5.97 Å². The van der Waals surface area contributed by atoms with Gasteiger partial charge in [-0.25, -0.2) is 4.79 Å². The molecule has 1 aromatic carbocycles. The van der Waals surface area contributed by atoms with E-state index in [9.17, 15) is 14.4 Å². The second-order valence-electron chi connectivity index (χ2n) is 7.69. The van der Waals surface area contributed by atoms with Crippen LogP contribution in [-0.4, -0.2) is 55.5 Å². The van der Waals surface area contributed by atoms with Gasteiger partial charge in [-0.3, -0.25) is 14.9 Å². The number of benzene rings is 1. The van der Waals surface area contributed by atoms with Crippen LogP contribution in [0.5, 0.6) is 11.5 Å². The third-order valence-electron chi connectivity index (χ3n) is 5.11. The summed E-state index contributed by atoms with van der Waals surface area (Å²) in [4.78, 5) is 35.7. The quantitative estimate of drug-likeness (QED) is 0.203. The number of methoxy groups -OCH3 is 1. The molecule has 1 heterocycles. The van der Waals surface area contributed by atoms with Crippen molar-refractivity contribution in [2.24, 2.45) is 10.2 Å². The van der Waals surface area contributed by atoms with Crippen LogP contribution in [0.3, 0.4) is 0 Å². The zero-order valence-electron chi connectivity index (χ0n) is 19.5. The van der Waals surface area contributed by atoms with Crippen molar-refractivity contribution in [2.75, 3.05) is 20.3 Å². The van der Waals surface area contributed by atoms with E-state index in [2.05, 4.69) is 41.5 Å². The van der Waals surface area contributed by atoms with E-state index in [-0.39, 0.29) is 28.6 Å². The molecule has 1 saturated carbocycles. The number of hydrogen-bond acceptors (Lipinski definition) is 9. The van der Waals surface area contributed by atoms with Crippen LogP contribution in [0.2, 0.25) is 0 Å². The number of amidine groups is 1. The lowest BCUT2D eigenvalue weighted by Gasteiger charge is -2.23. The SMILES string of the molecule is CCOc1cc(C=N/N=C2/NC(=O)/C(=C\C(=O)OC)S2)cc(Br)c1OCC(=O)NC1CCCCC1. The average Bonchev–Trinajstić information content (AvgIpc) is 3.18. The van der Waals surface area contributed by atoms with E-state index in [1.807, 2.05) is 6.92 Å². The molecule has 0 radical (unpaired) electrons. The lowest BCUT2D eigenvalue weighted by molar-refractivity contribution is -0.135. The number of carbonyl (C=O) groups excluding carboxylic acids is 3. The lowest BCUT2D eigenvalue weighted by Crippen LogP contribution is -2.39. The van der Waals surface area contributed by atoms with Crippen molar-refractivity contribution in [3.8, 4) is 11.5 Å². The highest BCUT2D eigenvalue weighted by Crippen LogP contribution is 2.36. The van der Waals surface area contributed by atoms with Crippen LogP contribution in [0, 0.1) is 0 Å². The van der Waals surface area contributed by atoms with Gasteiger partial charge in [0.1, 0.15) is 0 Å². The van der Waals surface area contributed by atoms with Crippen molar-refractivity contribution in [3.05, 3.63) is 33.2 Å². The average molecular weight is 567 g/mol. The molecule has 10 nitrogen and oxygen atoms in total. The normalized spacial score (nSPS) is 18.7. The molecule has 1 aromatic rings. The monoisotopic (exact) mass is 566 g/mol. The predicted octanol–water partition coefficient (Wildman–Crippen LogP) is 3.29.